The molecule has 0 spiro atoms. The summed E-state index contributed by atoms with van der Waals surface area (Å²) in [6.45, 7) is 1.33. The standard InChI is InChI=1S/C12H13N5O2/c1-7(18)11(13)16-6-17-12-10-8(3-4-14-10)9(19-2)5-15-12/h3-6,14H,1-2H3,(H2,13,15,16,17). The monoisotopic (exact) mass is 259 g/mol. The molecule has 0 amide bonds. The van der Waals surface area contributed by atoms with E-state index in [1.54, 1.807) is 19.5 Å². The Morgan fingerprint density at radius 1 is 1.58 bits per heavy atom. The third kappa shape index (κ3) is 2.59. The Kier molecular flexibility index (Phi) is 3.56. The number of nitrogens with two attached hydrogens (primary N) is 1. The van der Waals surface area contributed by atoms with Crippen molar-refractivity contribution in [3.63, 3.8) is 0 Å². The van der Waals surface area contributed by atoms with Crippen molar-refractivity contribution >= 4 is 34.7 Å². The molecule has 7 nitrogen and oxygen atoms in total. The fraction of sp³-hybridized carbons (Fsp3) is 0.167. The number of carbonyl (C=O) groups excluding carboxylic acids is 1. The first-order valence-electron chi connectivity index (χ1n) is 5.50. The van der Waals surface area contributed by atoms with Crippen LogP contribution in [0.4, 0.5) is 5.82 Å². The summed E-state index contributed by atoms with van der Waals surface area (Å²) < 4.78 is 5.19. The van der Waals surface area contributed by atoms with Crippen LogP contribution in [0.1, 0.15) is 6.92 Å². The quantitative estimate of drug-likeness (QED) is 0.635. The molecule has 2 heterocycles. The molecule has 19 heavy (non-hydrogen) atoms. The van der Waals surface area contributed by atoms with Crippen molar-refractivity contribution in [1.29, 1.82) is 0 Å². The molecule has 0 aliphatic rings. The van der Waals surface area contributed by atoms with E-state index in [1.807, 2.05) is 6.07 Å². The predicted molar refractivity (Wildman–Crippen MR) is 73.1 cm³/mol. The zero-order valence-electron chi connectivity index (χ0n) is 10.5. The number of nitrogens with zero attached hydrogens (tertiary/aromatic N) is 3. The minimum atomic E-state index is -0.306. The average Bonchev–Trinajstić information content (AvgIpc) is 2.88. The van der Waals surface area contributed by atoms with E-state index in [2.05, 4.69) is 20.0 Å². The van der Waals surface area contributed by atoms with Crippen LogP contribution in [0.2, 0.25) is 0 Å². The molecule has 3 N–H and O–H groups in total. The molecule has 2 rings (SSSR count). The molecule has 0 atom stereocenters. The van der Waals surface area contributed by atoms with Crippen LogP contribution >= 0.6 is 0 Å². The lowest BCUT2D eigenvalue weighted by molar-refractivity contribution is -0.111. The highest BCUT2D eigenvalue weighted by atomic mass is 16.5. The van der Waals surface area contributed by atoms with Crippen LogP contribution in [0.15, 0.2) is 28.4 Å². The molecular formula is C12H13N5O2. The molecule has 0 bridgehead atoms. The number of pyridine rings is 1. The van der Waals surface area contributed by atoms with Crippen LogP contribution in [0.3, 0.4) is 0 Å². The molecule has 0 aromatic carbocycles. The number of ether oxygens (including phenoxy) is 1. The highest BCUT2D eigenvalue weighted by Crippen LogP contribution is 2.29. The molecule has 0 aliphatic carbocycles. The van der Waals surface area contributed by atoms with Crippen LogP contribution in [-0.2, 0) is 4.79 Å². The maximum Gasteiger partial charge on any atom is 0.194 e. The lowest BCUT2D eigenvalue weighted by atomic mass is 10.3. The number of aromatic nitrogens is 2. The van der Waals surface area contributed by atoms with E-state index in [1.165, 1.54) is 13.3 Å². The maximum absolute atomic E-state index is 10.9. The van der Waals surface area contributed by atoms with Gasteiger partial charge in [0, 0.05) is 18.5 Å². The number of nitrogens with one attached hydrogen (secondary N) is 1. The van der Waals surface area contributed by atoms with Gasteiger partial charge in [-0.25, -0.2) is 15.0 Å². The van der Waals surface area contributed by atoms with E-state index in [4.69, 9.17) is 10.5 Å². The van der Waals surface area contributed by atoms with Gasteiger partial charge in [0.05, 0.1) is 18.8 Å². The van der Waals surface area contributed by atoms with Gasteiger partial charge < -0.3 is 15.5 Å². The molecule has 0 unspecified atom stereocenters. The van der Waals surface area contributed by atoms with E-state index >= 15 is 0 Å². The number of Topliss-reactive ketones (excluding diaryl/α,β-unsaturated/α-hetero) is 1. The smallest absolute Gasteiger partial charge is 0.194 e. The van der Waals surface area contributed by atoms with Gasteiger partial charge in [0.2, 0.25) is 0 Å². The molecule has 0 saturated heterocycles. The third-order valence-corrected chi connectivity index (χ3v) is 2.50. The van der Waals surface area contributed by atoms with Gasteiger partial charge in [-0.05, 0) is 6.07 Å². The molecule has 2 aromatic heterocycles. The fourth-order valence-electron chi connectivity index (χ4n) is 1.51. The summed E-state index contributed by atoms with van der Waals surface area (Å²) in [6, 6.07) is 1.86. The maximum atomic E-state index is 10.9. The first-order valence-corrected chi connectivity index (χ1v) is 5.50. The van der Waals surface area contributed by atoms with Gasteiger partial charge in [0.1, 0.15) is 12.1 Å². The SMILES string of the molecule is COc1cnc(N=CN=C(N)C(C)=O)c2[nH]ccc12. The number of aliphatic imine (C=N–C) groups is 2. The van der Waals surface area contributed by atoms with E-state index in [0.717, 1.165) is 10.9 Å². The van der Waals surface area contributed by atoms with E-state index in [0.29, 0.717) is 11.6 Å². The van der Waals surface area contributed by atoms with Crippen LogP contribution in [0.5, 0.6) is 5.75 Å². The lowest BCUT2D eigenvalue weighted by Gasteiger charge is -2.02. The molecule has 7 heteroatoms. The largest absolute Gasteiger partial charge is 0.494 e. The second kappa shape index (κ2) is 5.30. The third-order valence-electron chi connectivity index (χ3n) is 2.50. The minimum Gasteiger partial charge on any atom is -0.494 e. The summed E-state index contributed by atoms with van der Waals surface area (Å²) in [4.78, 5) is 25.8. The van der Waals surface area contributed by atoms with Crippen LogP contribution in [0, 0.1) is 0 Å². The molecule has 2 aromatic rings. The second-order valence-electron chi connectivity index (χ2n) is 3.73. The van der Waals surface area contributed by atoms with Crippen LogP contribution in [0.25, 0.3) is 10.9 Å². The van der Waals surface area contributed by atoms with E-state index in [-0.39, 0.29) is 11.6 Å². The van der Waals surface area contributed by atoms with Gasteiger partial charge in [0.25, 0.3) is 0 Å². The molecule has 0 saturated carbocycles. The number of fused-ring (bicyclic) bond motifs is 1. The Morgan fingerprint density at radius 3 is 3.05 bits per heavy atom. The first kappa shape index (κ1) is 12.7. The van der Waals surface area contributed by atoms with Gasteiger partial charge in [0.15, 0.2) is 17.4 Å². The van der Waals surface area contributed by atoms with Crippen molar-refractivity contribution in [3.8, 4) is 5.75 Å². The number of H-pyrrole nitrogens is 1. The van der Waals surface area contributed by atoms with Gasteiger partial charge in [-0.15, -0.1) is 0 Å². The topological polar surface area (TPSA) is 106 Å². The van der Waals surface area contributed by atoms with Crippen molar-refractivity contribution in [2.24, 2.45) is 15.7 Å². The van der Waals surface area contributed by atoms with Crippen LogP contribution < -0.4 is 10.5 Å². The van der Waals surface area contributed by atoms with Gasteiger partial charge in [-0.1, -0.05) is 0 Å². The Bertz CT molecular complexity index is 672. The average molecular weight is 259 g/mol. The summed E-state index contributed by atoms with van der Waals surface area (Å²) in [5.41, 5.74) is 6.11. The molecule has 0 fully saturated rings. The number of methoxy groups -OCH3 is 1. The summed E-state index contributed by atoms with van der Waals surface area (Å²) in [6.07, 6.45) is 4.54. The number of aromatic amines is 1. The van der Waals surface area contributed by atoms with Gasteiger partial charge in [-0.3, -0.25) is 4.79 Å². The zero-order chi connectivity index (χ0) is 13.8. The number of hydrogen-bond acceptors (Lipinski definition) is 4. The number of carbonyl (C=O) groups is 1. The Morgan fingerprint density at radius 2 is 2.37 bits per heavy atom. The van der Waals surface area contributed by atoms with Crippen molar-refractivity contribution in [2.45, 2.75) is 6.92 Å². The fourth-order valence-corrected chi connectivity index (χ4v) is 1.51. The molecule has 0 aliphatic heterocycles. The summed E-state index contributed by atoms with van der Waals surface area (Å²) in [5.74, 6) is 0.696. The van der Waals surface area contributed by atoms with Crippen molar-refractivity contribution in [1.82, 2.24) is 9.97 Å². The number of amidine groups is 1. The van der Waals surface area contributed by atoms with Gasteiger partial charge >= 0.3 is 0 Å². The zero-order valence-corrected chi connectivity index (χ0v) is 10.5. The van der Waals surface area contributed by atoms with E-state index < -0.39 is 0 Å². The molecule has 98 valence electrons. The first-order chi connectivity index (χ1) is 9.13. The molecular weight excluding hydrogens is 246 g/mol. The lowest BCUT2D eigenvalue weighted by Crippen LogP contribution is -2.20. The second-order valence-corrected chi connectivity index (χ2v) is 3.73. The number of hydrogen-bond donors (Lipinski definition) is 2. The Hall–Kier alpha value is -2.70. The summed E-state index contributed by atoms with van der Waals surface area (Å²) in [7, 11) is 1.57. The van der Waals surface area contributed by atoms with Crippen LogP contribution in [-0.4, -0.2) is 35.0 Å². The predicted octanol–water partition coefficient (Wildman–Crippen LogP) is 1.18. The summed E-state index contributed by atoms with van der Waals surface area (Å²) >= 11 is 0. The summed E-state index contributed by atoms with van der Waals surface area (Å²) in [5, 5.41) is 0.869. The Labute approximate surface area is 109 Å². The highest BCUT2D eigenvalue weighted by Gasteiger charge is 2.07. The number of rotatable bonds is 4. The van der Waals surface area contributed by atoms with Crippen molar-refractivity contribution in [3.05, 3.63) is 18.5 Å². The Balaban J connectivity index is 2.37. The number of ketones is 1. The molecule has 0 radical (unpaired) electrons. The van der Waals surface area contributed by atoms with Crippen molar-refractivity contribution in [2.75, 3.05) is 7.11 Å². The normalized spacial score (nSPS) is 12.2. The van der Waals surface area contributed by atoms with Crippen molar-refractivity contribution < 1.29 is 9.53 Å². The minimum absolute atomic E-state index is 0.0972. The van der Waals surface area contributed by atoms with Gasteiger partial charge in [-0.2, -0.15) is 0 Å². The van der Waals surface area contributed by atoms with E-state index in [9.17, 15) is 4.79 Å². The highest BCUT2D eigenvalue weighted by molar-refractivity contribution is 6.38.